The van der Waals surface area contributed by atoms with Crippen LogP contribution in [-0.2, 0) is 0 Å². The number of hydrogen-bond acceptors (Lipinski definition) is 2. The predicted octanol–water partition coefficient (Wildman–Crippen LogP) is 5.88. The summed E-state index contributed by atoms with van der Waals surface area (Å²) in [7, 11) is 0. The maximum Gasteiger partial charge on any atom is 0.136 e. The Morgan fingerprint density at radius 2 is 1.62 bits per heavy atom. The van der Waals surface area contributed by atoms with Crippen molar-refractivity contribution in [2.45, 2.75) is 79.1 Å². The van der Waals surface area contributed by atoms with Crippen molar-refractivity contribution in [2.24, 2.45) is 11.3 Å². The highest BCUT2D eigenvalue weighted by Crippen LogP contribution is 2.42. The molecule has 0 aliphatic heterocycles. The molecule has 1 aromatic heterocycles. The van der Waals surface area contributed by atoms with Gasteiger partial charge in [0.2, 0.25) is 0 Å². The lowest BCUT2D eigenvalue weighted by Gasteiger charge is -2.36. The summed E-state index contributed by atoms with van der Waals surface area (Å²) in [6.07, 6.45) is 4.94. The Labute approximate surface area is 134 Å². The van der Waals surface area contributed by atoms with E-state index in [0.717, 1.165) is 23.0 Å². The Balaban J connectivity index is 2.15. The third kappa shape index (κ3) is 3.77. The van der Waals surface area contributed by atoms with Gasteiger partial charge in [-0.3, -0.25) is 0 Å². The summed E-state index contributed by atoms with van der Waals surface area (Å²) in [6.45, 7) is 13.4. The van der Waals surface area contributed by atoms with Gasteiger partial charge in [0.15, 0.2) is 0 Å². The topological polar surface area (TPSA) is 25.8 Å². The maximum absolute atomic E-state index is 6.40. The van der Waals surface area contributed by atoms with Gasteiger partial charge < -0.3 is 0 Å². The monoisotopic (exact) mass is 308 g/mol. The van der Waals surface area contributed by atoms with Gasteiger partial charge in [0.1, 0.15) is 11.0 Å². The second-order valence-corrected chi connectivity index (χ2v) is 8.30. The van der Waals surface area contributed by atoms with E-state index in [4.69, 9.17) is 16.6 Å². The largest absolute Gasteiger partial charge is 0.238 e. The first-order valence-electron chi connectivity index (χ1n) is 8.24. The molecule has 0 radical (unpaired) electrons. The molecule has 0 atom stereocenters. The predicted molar refractivity (Wildman–Crippen MR) is 90.0 cm³/mol. The molecule has 2 rings (SSSR count). The van der Waals surface area contributed by atoms with Crippen molar-refractivity contribution in [3.05, 3.63) is 22.2 Å². The number of aromatic nitrogens is 2. The maximum atomic E-state index is 6.40. The van der Waals surface area contributed by atoms with Gasteiger partial charge in [0, 0.05) is 17.2 Å². The van der Waals surface area contributed by atoms with Crippen molar-refractivity contribution in [3.63, 3.8) is 0 Å². The van der Waals surface area contributed by atoms with E-state index in [1.165, 1.54) is 25.7 Å². The van der Waals surface area contributed by atoms with E-state index in [-0.39, 0.29) is 0 Å². The van der Waals surface area contributed by atoms with Crippen molar-refractivity contribution >= 4 is 11.6 Å². The van der Waals surface area contributed by atoms with Gasteiger partial charge in [0.05, 0.1) is 0 Å². The van der Waals surface area contributed by atoms with Crippen LogP contribution in [-0.4, -0.2) is 9.97 Å². The average Bonchev–Trinajstić information content (AvgIpc) is 2.36. The molecule has 1 saturated carbocycles. The van der Waals surface area contributed by atoms with Crippen molar-refractivity contribution in [1.29, 1.82) is 0 Å². The smallest absolute Gasteiger partial charge is 0.136 e. The van der Waals surface area contributed by atoms with E-state index in [1.807, 2.05) is 0 Å². The van der Waals surface area contributed by atoms with Crippen LogP contribution < -0.4 is 0 Å². The number of rotatable bonds is 2. The molecular formula is C18H29ClN2. The highest BCUT2D eigenvalue weighted by Gasteiger charge is 2.31. The van der Waals surface area contributed by atoms with Crippen molar-refractivity contribution in [3.8, 4) is 0 Å². The van der Waals surface area contributed by atoms with E-state index < -0.39 is 0 Å². The fourth-order valence-electron chi connectivity index (χ4n) is 3.62. The Morgan fingerprint density at radius 1 is 1.05 bits per heavy atom. The molecule has 1 fully saturated rings. The number of nitrogens with zero attached hydrogens (tertiary/aromatic N) is 2. The van der Waals surface area contributed by atoms with Gasteiger partial charge in [-0.2, -0.15) is 0 Å². The SMILES string of the molecule is Cc1nc(C2CCC(C(C)(C)C)CC2)nc(Cl)c1C(C)C. The lowest BCUT2D eigenvalue weighted by atomic mass is 9.69. The highest BCUT2D eigenvalue weighted by atomic mass is 35.5. The van der Waals surface area contributed by atoms with Crippen LogP contribution in [0.1, 0.15) is 89.2 Å². The minimum Gasteiger partial charge on any atom is -0.238 e. The molecule has 3 heteroatoms. The zero-order valence-corrected chi connectivity index (χ0v) is 15.1. The van der Waals surface area contributed by atoms with Crippen LogP contribution >= 0.6 is 11.6 Å². The van der Waals surface area contributed by atoms with E-state index in [9.17, 15) is 0 Å². The highest BCUT2D eigenvalue weighted by molar-refractivity contribution is 6.30. The van der Waals surface area contributed by atoms with Crippen LogP contribution in [0.25, 0.3) is 0 Å². The van der Waals surface area contributed by atoms with Crippen LogP contribution in [0.15, 0.2) is 0 Å². The van der Waals surface area contributed by atoms with E-state index >= 15 is 0 Å². The lowest BCUT2D eigenvalue weighted by molar-refractivity contribution is 0.167. The lowest BCUT2D eigenvalue weighted by Crippen LogP contribution is -2.26. The van der Waals surface area contributed by atoms with Crippen molar-refractivity contribution in [1.82, 2.24) is 9.97 Å². The second-order valence-electron chi connectivity index (χ2n) is 7.94. The summed E-state index contributed by atoms with van der Waals surface area (Å²) >= 11 is 6.40. The quantitative estimate of drug-likeness (QED) is 0.637. The first kappa shape index (κ1) is 16.7. The molecule has 2 nitrogen and oxygen atoms in total. The number of halogens is 1. The molecule has 1 heterocycles. The Kier molecular flexibility index (Phi) is 4.97. The molecule has 0 N–H and O–H groups in total. The van der Waals surface area contributed by atoms with E-state index in [2.05, 4.69) is 46.5 Å². The van der Waals surface area contributed by atoms with Crippen LogP contribution in [0, 0.1) is 18.3 Å². The van der Waals surface area contributed by atoms with Crippen LogP contribution in [0.5, 0.6) is 0 Å². The Morgan fingerprint density at radius 3 is 2.05 bits per heavy atom. The molecule has 118 valence electrons. The van der Waals surface area contributed by atoms with Gasteiger partial charge in [0.25, 0.3) is 0 Å². The summed E-state index contributed by atoms with van der Waals surface area (Å²) < 4.78 is 0. The van der Waals surface area contributed by atoms with Crippen molar-refractivity contribution in [2.75, 3.05) is 0 Å². The third-order valence-electron chi connectivity index (χ3n) is 5.00. The van der Waals surface area contributed by atoms with Gasteiger partial charge in [-0.15, -0.1) is 0 Å². The fraction of sp³-hybridized carbons (Fsp3) is 0.778. The molecule has 1 aromatic rings. The molecule has 0 bridgehead atoms. The average molecular weight is 309 g/mol. The third-order valence-corrected chi connectivity index (χ3v) is 5.29. The zero-order valence-electron chi connectivity index (χ0n) is 14.3. The fourth-order valence-corrected chi connectivity index (χ4v) is 4.06. The first-order chi connectivity index (χ1) is 9.70. The summed E-state index contributed by atoms with van der Waals surface area (Å²) in [4.78, 5) is 9.39. The second kappa shape index (κ2) is 6.24. The van der Waals surface area contributed by atoms with Crippen LogP contribution in [0.3, 0.4) is 0 Å². The number of aryl methyl sites for hydroxylation is 1. The summed E-state index contributed by atoms with van der Waals surface area (Å²) in [5.74, 6) is 2.65. The minimum atomic E-state index is 0.378. The molecule has 1 aliphatic carbocycles. The van der Waals surface area contributed by atoms with E-state index in [1.54, 1.807) is 0 Å². The normalized spacial score (nSPS) is 23.6. The summed E-state index contributed by atoms with van der Waals surface area (Å²) in [6, 6.07) is 0. The molecule has 0 spiro atoms. The summed E-state index contributed by atoms with van der Waals surface area (Å²) in [5, 5.41) is 0.658. The van der Waals surface area contributed by atoms with Gasteiger partial charge in [-0.1, -0.05) is 46.2 Å². The Bertz CT molecular complexity index is 471. The van der Waals surface area contributed by atoms with Gasteiger partial charge in [-0.25, -0.2) is 9.97 Å². The summed E-state index contributed by atoms with van der Waals surface area (Å²) in [5.41, 5.74) is 2.57. The number of hydrogen-bond donors (Lipinski definition) is 0. The van der Waals surface area contributed by atoms with Crippen LogP contribution in [0.4, 0.5) is 0 Å². The van der Waals surface area contributed by atoms with Crippen LogP contribution in [0.2, 0.25) is 5.15 Å². The first-order valence-corrected chi connectivity index (χ1v) is 8.62. The van der Waals surface area contributed by atoms with Gasteiger partial charge >= 0.3 is 0 Å². The molecular weight excluding hydrogens is 280 g/mol. The molecule has 21 heavy (non-hydrogen) atoms. The molecule has 1 aliphatic rings. The Hall–Kier alpha value is -0.630. The van der Waals surface area contributed by atoms with Crippen molar-refractivity contribution < 1.29 is 0 Å². The standard InChI is InChI=1S/C18H29ClN2/c1-11(2)15-12(3)20-17(21-16(15)19)13-7-9-14(10-8-13)18(4,5)6/h11,13-14H,7-10H2,1-6H3. The minimum absolute atomic E-state index is 0.378. The van der Waals surface area contributed by atoms with E-state index in [0.29, 0.717) is 22.4 Å². The van der Waals surface area contributed by atoms with Gasteiger partial charge in [-0.05, 0) is 49.9 Å². The molecule has 0 saturated heterocycles. The molecule has 0 amide bonds. The zero-order chi connectivity index (χ0) is 15.8. The molecule has 0 unspecified atom stereocenters. The molecule has 0 aromatic carbocycles.